The number of hydrogen-bond donors (Lipinski definition) is 0. The summed E-state index contributed by atoms with van der Waals surface area (Å²) in [5.41, 5.74) is 0. The number of ether oxygens (including phenoxy) is 2. The lowest BCUT2D eigenvalue weighted by Crippen LogP contribution is -2.18. The normalized spacial score (nSPS) is 11.9. The molecule has 0 saturated heterocycles. The molecule has 1 aromatic carbocycles. The molecule has 0 aliphatic carbocycles. The number of rotatable bonds is 8. The van der Waals surface area contributed by atoms with Gasteiger partial charge in [0.25, 0.3) is 0 Å². The van der Waals surface area contributed by atoms with Gasteiger partial charge in [-0.25, -0.2) is 0 Å². The molecule has 0 spiro atoms. The standard InChI is InChI=1S/C15H22O3/c1-4-10-17-14-8-6-7-9-15(14)18-11-13(16)12(3)5-2/h6-9,12H,4-5,10-11H2,1-3H3. The van der Waals surface area contributed by atoms with Gasteiger partial charge in [-0.2, -0.15) is 0 Å². The van der Waals surface area contributed by atoms with E-state index >= 15 is 0 Å². The smallest absolute Gasteiger partial charge is 0.172 e. The third kappa shape index (κ3) is 4.40. The average molecular weight is 250 g/mol. The van der Waals surface area contributed by atoms with Crippen molar-refractivity contribution in [3.05, 3.63) is 24.3 Å². The quantitative estimate of drug-likeness (QED) is 0.708. The van der Waals surface area contributed by atoms with Crippen molar-refractivity contribution < 1.29 is 14.3 Å². The molecule has 3 heteroatoms. The topological polar surface area (TPSA) is 35.5 Å². The first-order valence-corrected chi connectivity index (χ1v) is 6.56. The van der Waals surface area contributed by atoms with E-state index in [4.69, 9.17) is 9.47 Å². The van der Waals surface area contributed by atoms with Gasteiger partial charge in [-0.3, -0.25) is 4.79 Å². The zero-order valence-corrected chi connectivity index (χ0v) is 11.4. The number of para-hydroxylation sites is 2. The Bertz CT molecular complexity index is 374. The van der Waals surface area contributed by atoms with E-state index in [9.17, 15) is 4.79 Å². The van der Waals surface area contributed by atoms with Gasteiger partial charge < -0.3 is 9.47 Å². The van der Waals surface area contributed by atoms with Crippen molar-refractivity contribution in [1.82, 2.24) is 0 Å². The minimum atomic E-state index is 0.0497. The highest BCUT2D eigenvalue weighted by Crippen LogP contribution is 2.26. The second-order valence-corrected chi connectivity index (χ2v) is 4.36. The number of Topliss-reactive ketones (excluding diaryl/α,β-unsaturated/α-hetero) is 1. The van der Waals surface area contributed by atoms with E-state index in [1.54, 1.807) is 0 Å². The molecule has 0 fully saturated rings. The SMILES string of the molecule is CCCOc1ccccc1OCC(=O)C(C)CC. The van der Waals surface area contributed by atoms with Crippen molar-refractivity contribution in [2.75, 3.05) is 13.2 Å². The molecular formula is C15H22O3. The highest BCUT2D eigenvalue weighted by Gasteiger charge is 2.12. The van der Waals surface area contributed by atoms with E-state index in [2.05, 4.69) is 6.92 Å². The van der Waals surface area contributed by atoms with E-state index in [1.165, 1.54) is 0 Å². The van der Waals surface area contributed by atoms with Crippen LogP contribution < -0.4 is 9.47 Å². The minimum absolute atomic E-state index is 0.0497. The molecule has 0 aliphatic heterocycles. The highest BCUT2D eigenvalue weighted by molar-refractivity contribution is 5.82. The number of hydrogen-bond acceptors (Lipinski definition) is 3. The second kappa shape index (κ2) is 7.75. The van der Waals surface area contributed by atoms with Crippen molar-refractivity contribution in [2.45, 2.75) is 33.6 Å². The van der Waals surface area contributed by atoms with Crippen LogP contribution in [0.4, 0.5) is 0 Å². The molecule has 0 bridgehead atoms. The molecule has 0 saturated carbocycles. The molecule has 3 nitrogen and oxygen atoms in total. The lowest BCUT2D eigenvalue weighted by molar-refractivity contribution is -0.124. The van der Waals surface area contributed by atoms with Gasteiger partial charge in [-0.05, 0) is 25.0 Å². The van der Waals surface area contributed by atoms with Crippen LogP contribution in [0.1, 0.15) is 33.6 Å². The molecule has 0 N–H and O–H groups in total. The van der Waals surface area contributed by atoms with E-state index in [1.807, 2.05) is 38.1 Å². The summed E-state index contributed by atoms with van der Waals surface area (Å²) in [5, 5.41) is 0. The minimum Gasteiger partial charge on any atom is -0.490 e. The molecule has 1 aromatic rings. The summed E-state index contributed by atoms with van der Waals surface area (Å²) in [6.07, 6.45) is 1.79. The van der Waals surface area contributed by atoms with Crippen LogP contribution in [0.3, 0.4) is 0 Å². The third-order valence-electron chi connectivity index (χ3n) is 2.84. The Hall–Kier alpha value is -1.51. The van der Waals surface area contributed by atoms with Gasteiger partial charge in [0, 0.05) is 5.92 Å². The molecule has 1 rings (SSSR count). The van der Waals surface area contributed by atoms with Gasteiger partial charge in [0.2, 0.25) is 0 Å². The summed E-state index contributed by atoms with van der Waals surface area (Å²) in [6, 6.07) is 7.46. The summed E-state index contributed by atoms with van der Waals surface area (Å²) in [5.74, 6) is 1.52. The summed E-state index contributed by atoms with van der Waals surface area (Å²) >= 11 is 0. The maximum Gasteiger partial charge on any atom is 0.172 e. The van der Waals surface area contributed by atoms with Crippen molar-refractivity contribution in [1.29, 1.82) is 0 Å². The predicted molar refractivity (Wildman–Crippen MR) is 72.2 cm³/mol. The molecule has 0 aromatic heterocycles. The molecule has 100 valence electrons. The van der Waals surface area contributed by atoms with E-state index in [0.29, 0.717) is 18.1 Å². The number of carbonyl (C=O) groups is 1. The Morgan fingerprint density at radius 3 is 2.33 bits per heavy atom. The van der Waals surface area contributed by atoms with Crippen molar-refractivity contribution in [3.8, 4) is 11.5 Å². The number of benzene rings is 1. The van der Waals surface area contributed by atoms with Gasteiger partial charge in [-0.1, -0.05) is 32.9 Å². The number of ketones is 1. The zero-order valence-electron chi connectivity index (χ0n) is 11.4. The first kappa shape index (κ1) is 14.6. The molecule has 1 atom stereocenters. The lowest BCUT2D eigenvalue weighted by atomic mass is 10.1. The van der Waals surface area contributed by atoms with Crippen LogP contribution >= 0.6 is 0 Å². The van der Waals surface area contributed by atoms with E-state index in [-0.39, 0.29) is 18.3 Å². The van der Waals surface area contributed by atoms with Crippen LogP contribution in [0.2, 0.25) is 0 Å². The highest BCUT2D eigenvalue weighted by atomic mass is 16.5. The molecule has 1 unspecified atom stereocenters. The average Bonchev–Trinajstić information content (AvgIpc) is 2.42. The maximum absolute atomic E-state index is 11.7. The fourth-order valence-electron chi connectivity index (χ4n) is 1.42. The van der Waals surface area contributed by atoms with Crippen LogP contribution in [-0.4, -0.2) is 19.0 Å². The Morgan fingerprint density at radius 2 is 1.78 bits per heavy atom. The molecular weight excluding hydrogens is 228 g/mol. The Balaban J connectivity index is 2.58. The van der Waals surface area contributed by atoms with E-state index < -0.39 is 0 Å². The largest absolute Gasteiger partial charge is 0.490 e. The van der Waals surface area contributed by atoms with Gasteiger partial charge in [0.1, 0.15) is 6.61 Å². The monoisotopic (exact) mass is 250 g/mol. The van der Waals surface area contributed by atoms with Crippen LogP contribution in [0.25, 0.3) is 0 Å². The van der Waals surface area contributed by atoms with Crippen molar-refractivity contribution in [3.63, 3.8) is 0 Å². The lowest BCUT2D eigenvalue weighted by Gasteiger charge is -2.13. The third-order valence-corrected chi connectivity index (χ3v) is 2.84. The fraction of sp³-hybridized carbons (Fsp3) is 0.533. The van der Waals surface area contributed by atoms with Crippen LogP contribution in [0.5, 0.6) is 11.5 Å². The van der Waals surface area contributed by atoms with Gasteiger partial charge in [-0.15, -0.1) is 0 Å². The first-order chi connectivity index (χ1) is 8.69. The van der Waals surface area contributed by atoms with Crippen LogP contribution in [0.15, 0.2) is 24.3 Å². The predicted octanol–water partition coefficient (Wildman–Crippen LogP) is 3.47. The zero-order chi connectivity index (χ0) is 13.4. The Kier molecular flexibility index (Phi) is 6.26. The molecule has 0 radical (unpaired) electrons. The Labute approximate surface area is 109 Å². The van der Waals surface area contributed by atoms with Crippen molar-refractivity contribution in [2.24, 2.45) is 5.92 Å². The first-order valence-electron chi connectivity index (χ1n) is 6.56. The van der Waals surface area contributed by atoms with Crippen LogP contribution in [0, 0.1) is 5.92 Å². The summed E-state index contributed by atoms with van der Waals surface area (Å²) in [7, 11) is 0. The van der Waals surface area contributed by atoms with Gasteiger partial charge in [0.15, 0.2) is 17.3 Å². The van der Waals surface area contributed by atoms with Gasteiger partial charge >= 0.3 is 0 Å². The maximum atomic E-state index is 11.7. The van der Waals surface area contributed by atoms with Crippen LogP contribution in [-0.2, 0) is 4.79 Å². The molecule has 0 heterocycles. The Morgan fingerprint density at radius 1 is 1.17 bits per heavy atom. The number of carbonyl (C=O) groups excluding carboxylic acids is 1. The van der Waals surface area contributed by atoms with Gasteiger partial charge in [0.05, 0.1) is 6.61 Å². The summed E-state index contributed by atoms with van der Waals surface area (Å²) < 4.78 is 11.1. The second-order valence-electron chi connectivity index (χ2n) is 4.36. The summed E-state index contributed by atoms with van der Waals surface area (Å²) in [4.78, 5) is 11.7. The fourth-order valence-corrected chi connectivity index (χ4v) is 1.42. The summed E-state index contributed by atoms with van der Waals surface area (Å²) in [6.45, 7) is 6.74. The molecule has 0 amide bonds. The molecule has 18 heavy (non-hydrogen) atoms. The van der Waals surface area contributed by atoms with Crippen molar-refractivity contribution >= 4 is 5.78 Å². The van der Waals surface area contributed by atoms with E-state index in [0.717, 1.165) is 12.8 Å². The molecule has 0 aliphatic rings.